The van der Waals surface area contributed by atoms with Crippen LogP contribution in [0.4, 0.5) is 5.69 Å². The number of anilines is 1. The van der Waals surface area contributed by atoms with Crippen LogP contribution in [0.15, 0.2) is 24.3 Å². The van der Waals surface area contributed by atoms with E-state index in [-0.39, 0.29) is 5.97 Å². The Kier molecular flexibility index (Phi) is 2.26. The number of fused-ring (bicyclic) bond motifs is 1. The molecule has 2 rings (SSSR count). The van der Waals surface area contributed by atoms with Gasteiger partial charge in [0, 0.05) is 0 Å². The number of benzene rings is 1. The van der Waals surface area contributed by atoms with Crippen molar-refractivity contribution in [3.8, 4) is 5.75 Å². The van der Waals surface area contributed by atoms with Gasteiger partial charge in [0.1, 0.15) is 12.4 Å². The Balaban J connectivity index is 2.17. The molecule has 0 bridgehead atoms. The summed E-state index contributed by atoms with van der Waals surface area (Å²) < 4.78 is 10.0. The molecule has 1 heterocycles. The third kappa shape index (κ3) is 1.51. The van der Waals surface area contributed by atoms with Gasteiger partial charge in [-0.3, -0.25) is 0 Å². The second kappa shape index (κ2) is 3.57. The summed E-state index contributed by atoms with van der Waals surface area (Å²) in [6.07, 6.45) is 0. The lowest BCUT2D eigenvalue weighted by atomic mass is 10.2. The second-order valence-electron chi connectivity index (χ2n) is 3.03. The molecule has 1 aliphatic rings. The summed E-state index contributed by atoms with van der Waals surface area (Å²) in [4.78, 5) is 11.2. The summed E-state index contributed by atoms with van der Waals surface area (Å²) in [6.45, 7) is 0.309. The van der Waals surface area contributed by atoms with Crippen molar-refractivity contribution in [2.45, 2.75) is 6.04 Å². The number of nitrogens with one attached hydrogen (secondary N) is 1. The molecule has 0 saturated carbocycles. The lowest BCUT2D eigenvalue weighted by molar-refractivity contribution is -0.142. The number of esters is 1. The molecule has 1 N–H and O–H groups in total. The number of methoxy groups -OCH3 is 1. The fourth-order valence-electron chi connectivity index (χ4n) is 1.38. The first-order valence-corrected chi connectivity index (χ1v) is 4.37. The minimum atomic E-state index is -0.408. The van der Waals surface area contributed by atoms with Crippen LogP contribution in [0.3, 0.4) is 0 Å². The molecule has 0 aliphatic carbocycles. The number of ether oxygens (including phenoxy) is 2. The van der Waals surface area contributed by atoms with Gasteiger partial charge in [-0.1, -0.05) is 12.1 Å². The average Bonchev–Trinajstić information content (AvgIpc) is 2.27. The Morgan fingerprint density at radius 3 is 3.14 bits per heavy atom. The van der Waals surface area contributed by atoms with Crippen LogP contribution in [0.1, 0.15) is 0 Å². The maximum Gasteiger partial charge on any atom is 0.331 e. The zero-order valence-electron chi connectivity index (χ0n) is 7.82. The lowest BCUT2D eigenvalue weighted by Gasteiger charge is -2.25. The van der Waals surface area contributed by atoms with Gasteiger partial charge in [0.2, 0.25) is 0 Å². The van der Waals surface area contributed by atoms with E-state index >= 15 is 0 Å². The van der Waals surface area contributed by atoms with Crippen molar-refractivity contribution >= 4 is 11.7 Å². The van der Waals surface area contributed by atoms with Crippen LogP contribution >= 0.6 is 0 Å². The Labute approximate surface area is 81.8 Å². The predicted molar refractivity (Wildman–Crippen MR) is 51.4 cm³/mol. The third-order valence-corrected chi connectivity index (χ3v) is 2.11. The van der Waals surface area contributed by atoms with Crippen LogP contribution < -0.4 is 10.1 Å². The van der Waals surface area contributed by atoms with Crippen molar-refractivity contribution in [2.24, 2.45) is 0 Å². The van der Waals surface area contributed by atoms with Crippen LogP contribution in [0.25, 0.3) is 0 Å². The van der Waals surface area contributed by atoms with Gasteiger partial charge < -0.3 is 14.8 Å². The van der Waals surface area contributed by atoms with Crippen molar-refractivity contribution in [3.63, 3.8) is 0 Å². The molecule has 1 aromatic rings. The number of carbonyl (C=O) groups is 1. The van der Waals surface area contributed by atoms with E-state index in [1.54, 1.807) is 0 Å². The molecule has 74 valence electrons. The fourth-order valence-corrected chi connectivity index (χ4v) is 1.38. The molecule has 0 radical (unpaired) electrons. The highest BCUT2D eigenvalue weighted by atomic mass is 16.5. The molecule has 0 amide bonds. The van der Waals surface area contributed by atoms with E-state index < -0.39 is 6.04 Å². The van der Waals surface area contributed by atoms with Crippen LogP contribution in [-0.4, -0.2) is 25.7 Å². The van der Waals surface area contributed by atoms with Crippen LogP contribution in [0, 0.1) is 0 Å². The quantitative estimate of drug-likeness (QED) is 0.677. The molecule has 1 aromatic carbocycles. The Morgan fingerprint density at radius 1 is 1.57 bits per heavy atom. The fraction of sp³-hybridized carbons (Fsp3) is 0.300. The summed E-state index contributed by atoms with van der Waals surface area (Å²) in [7, 11) is 1.37. The van der Waals surface area contributed by atoms with Crippen molar-refractivity contribution in [1.82, 2.24) is 0 Å². The van der Waals surface area contributed by atoms with Crippen molar-refractivity contribution in [3.05, 3.63) is 24.3 Å². The average molecular weight is 193 g/mol. The van der Waals surface area contributed by atoms with Crippen LogP contribution in [0.5, 0.6) is 5.75 Å². The first-order chi connectivity index (χ1) is 6.81. The third-order valence-electron chi connectivity index (χ3n) is 2.11. The molecule has 0 unspecified atom stereocenters. The van der Waals surface area contributed by atoms with Crippen LogP contribution in [-0.2, 0) is 9.53 Å². The van der Waals surface area contributed by atoms with E-state index in [1.165, 1.54) is 7.11 Å². The molecule has 0 fully saturated rings. The molecule has 4 heteroatoms. The maximum absolute atomic E-state index is 11.2. The molecular weight excluding hydrogens is 182 g/mol. The highest BCUT2D eigenvalue weighted by Gasteiger charge is 2.25. The molecule has 14 heavy (non-hydrogen) atoms. The number of hydrogen-bond acceptors (Lipinski definition) is 4. The van der Waals surface area contributed by atoms with Crippen molar-refractivity contribution in [1.29, 1.82) is 0 Å². The minimum Gasteiger partial charge on any atom is -0.489 e. The van der Waals surface area contributed by atoms with E-state index in [9.17, 15) is 4.79 Å². The van der Waals surface area contributed by atoms with Gasteiger partial charge in [-0.2, -0.15) is 0 Å². The summed E-state index contributed by atoms with van der Waals surface area (Å²) in [6, 6.07) is 7.09. The predicted octanol–water partition coefficient (Wildman–Crippen LogP) is 1.03. The Bertz CT molecular complexity index is 351. The summed E-state index contributed by atoms with van der Waals surface area (Å²) >= 11 is 0. The van der Waals surface area contributed by atoms with E-state index in [1.807, 2.05) is 24.3 Å². The minimum absolute atomic E-state index is 0.306. The topological polar surface area (TPSA) is 47.6 Å². The number of para-hydroxylation sites is 2. The highest BCUT2D eigenvalue weighted by molar-refractivity contribution is 5.81. The molecule has 1 aliphatic heterocycles. The number of rotatable bonds is 1. The van der Waals surface area contributed by atoms with Gasteiger partial charge in [0.05, 0.1) is 12.8 Å². The standard InChI is InChI=1S/C10H11NO3/c1-13-10(12)8-6-14-9-5-3-2-4-7(9)11-8/h2-5,8,11H,6H2,1H3/t8-/m1/s1. The van der Waals surface area contributed by atoms with Crippen molar-refractivity contribution < 1.29 is 14.3 Å². The smallest absolute Gasteiger partial charge is 0.331 e. The summed E-state index contributed by atoms with van der Waals surface area (Å²) in [5.41, 5.74) is 0.828. The van der Waals surface area contributed by atoms with Crippen LogP contribution in [0.2, 0.25) is 0 Å². The molecule has 0 spiro atoms. The van der Waals surface area contributed by atoms with E-state index in [4.69, 9.17) is 4.74 Å². The summed E-state index contributed by atoms with van der Waals surface area (Å²) in [5, 5.41) is 3.05. The zero-order valence-corrected chi connectivity index (χ0v) is 7.82. The molecule has 0 saturated heterocycles. The van der Waals surface area contributed by atoms with E-state index in [0.29, 0.717) is 6.61 Å². The van der Waals surface area contributed by atoms with Gasteiger partial charge in [-0.05, 0) is 12.1 Å². The zero-order chi connectivity index (χ0) is 9.97. The van der Waals surface area contributed by atoms with E-state index in [0.717, 1.165) is 11.4 Å². The number of carbonyl (C=O) groups excluding carboxylic acids is 1. The molecule has 4 nitrogen and oxygen atoms in total. The van der Waals surface area contributed by atoms with Gasteiger partial charge in [-0.15, -0.1) is 0 Å². The normalized spacial score (nSPS) is 18.8. The SMILES string of the molecule is COC(=O)[C@H]1COc2ccccc2N1. The molecule has 1 atom stereocenters. The highest BCUT2D eigenvalue weighted by Crippen LogP contribution is 2.28. The largest absolute Gasteiger partial charge is 0.489 e. The van der Waals surface area contributed by atoms with Gasteiger partial charge in [-0.25, -0.2) is 4.79 Å². The second-order valence-corrected chi connectivity index (χ2v) is 3.03. The van der Waals surface area contributed by atoms with E-state index in [2.05, 4.69) is 10.1 Å². The van der Waals surface area contributed by atoms with Crippen molar-refractivity contribution in [2.75, 3.05) is 19.0 Å². The first kappa shape index (κ1) is 8.87. The lowest BCUT2D eigenvalue weighted by Crippen LogP contribution is -2.39. The number of hydrogen-bond donors (Lipinski definition) is 1. The Hall–Kier alpha value is -1.71. The molecule has 0 aromatic heterocycles. The summed E-state index contributed by atoms with van der Waals surface area (Å²) in [5.74, 6) is 0.465. The first-order valence-electron chi connectivity index (χ1n) is 4.37. The Morgan fingerprint density at radius 2 is 2.36 bits per heavy atom. The molecular formula is C10H11NO3. The monoisotopic (exact) mass is 193 g/mol. The van der Waals surface area contributed by atoms with Gasteiger partial charge in [0.25, 0.3) is 0 Å². The van der Waals surface area contributed by atoms with Gasteiger partial charge in [0.15, 0.2) is 6.04 Å². The maximum atomic E-state index is 11.2. The van der Waals surface area contributed by atoms with Gasteiger partial charge >= 0.3 is 5.97 Å².